The second-order valence-corrected chi connectivity index (χ2v) is 8.92. The van der Waals surface area contributed by atoms with E-state index in [-0.39, 0.29) is 24.1 Å². The SMILES string of the molecule is COc1cccc(C(=O)N2CCN(C(=O)C3=CN4CCS(=O)(=O)N=C4C=C3)CC2)c1. The van der Waals surface area contributed by atoms with E-state index in [2.05, 4.69) is 4.40 Å². The normalized spacial score (nSPS) is 20.2. The number of methoxy groups -OCH3 is 1. The average Bonchev–Trinajstić information content (AvgIpc) is 2.77. The molecular weight excluding hydrogens is 408 g/mol. The van der Waals surface area contributed by atoms with Crippen molar-refractivity contribution in [2.24, 2.45) is 4.40 Å². The molecule has 1 saturated heterocycles. The molecular formula is C20H22N4O5S. The number of ether oxygens (including phenoxy) is 1. The fourth-order valence-corrected chi connectivity index (χ4v) is 4.53. The lowest BCUT2D eigenvalue weighted by Gasteiger charge is -2.36. The number of benzene rings is 1. The Balaban J connectivity index is 1.39. The summed E-state index contributed by atoms with van der Waals surface area (Å²) in [7, 11) is -1.87. The van der Waals surface area contributed by atoms with Gasteiger partial charge in [0.05, 0.1) is 18.4 Å². The van der Waals surface area contributed by atoms with Crippen LogP contribution in [0.1, 0.15) is 10.4 Å². The highest BCUT2D eigenvalue weighted by Gasteiger charge is 2.29. The van der Waals surface area contributed by atoms with Gasteiger partial charge in [-0.25, -0.2) is 8.42 Å². The summed E-state index contributed by atoms with van der Waals surface area (Å²) < 4.78 is 32.1. The number of nitrogens with zero attached hydrogens (tertiary/aromatic N) is 4. The van der Waals surface area contributed by atoms with Crippen molar-refractivity contribution >= 4 is 27.7 Å². The second-order valence-electron chi connectivity index (χ2n) is 7.16. The molecule has 0 spiro atoms. The summed E-state index contributed by atoms with van der Waals surface area (Å²) in [5.74, 6) is 0.638. The van der Waals surface area contributed by atoms with Gasteiger partial charge in [0.2, 0.25) is 0 Å². The van der Waals surface area contributed by atoms with Gasteiger partial charge in [-0.05, 0) is 30.4 Å². The standard InChI is InChI=1S/C20H22N4O5S/c1-29-17-4-2-3-15(13-17)19(25)22-7-9-23(10-8-22)20(26)16-5-6-18-21-30(27,28)12-11-24(18)14-16/h2-6,13-14H,7-12H2,1H3. The number of rotatable bonds is 3. The van der Waals surface area contributed by atoms with E-state index in [1.807, 2.05) is 0 Å². The van der Waals surface area contributed by atoms with E-state index in [0.29, 0.717) is 48.9 Å². The highest BCUT2D eigenvalue weighted by atomic mass is 32.2. The first kappa shape index (κ1) is 20.1. The molecule has 1 aromatic carbocycles. The first-order valence-electron chi connectivity index (χ1n) is 9.58. The molecule has 3 aliphatic rings. The van der Waals surface area contributed by atoms with Gasteiger partial charge >= 0.3 is 0 Å². The van der Waals surface area contributed by atoms with Crippen molar-refractivity contribution in [3.05, 3.63) is 53.8 Å². The van der Waals surface area contributed by atoms with Crippen LogP contribution in [-0.4, -0.2) is 86.4 Å². The van der Waals surface area contributed by atoms with Crippen molar-refractivity contribution in [3.8, 4) is 5.75 Å². The Morgan fingerprint density at radius 3 is 2.40 bits per heavy atom. The van der Waals surface area contributed by atoms with E-state index in [1.165, 1.54) is 0 Å². The maximum absolute atomic E-state index is 12.9. The molecule has 0 N–H and O–H groups in total. The van der Waals surface area contributed by atoms with Gasteiger partial charge in [-0.2, -0.15) is 0 Å². The Morgan fingerprint density at radius 1 is 1.00 bits per heavy atom. The maximum Gasteiger partial charge on any atom is 0.256 e. The van der Waals surface area contributed by atoms with Crippen molar-refractivity contribution < 1.29 is 22.7 Å². The number of amides is 2. The van der Waals surface area contributed by atoms with Crippen LogP contribution in [0, 0.1) is 0 Å². The van der Waals surface area contributed by atoms with Crippen LogP contribution in [0.2, 0.25) is 0 Å². The number of hydrogen-bond donors (Lipinski definition) is 0. The monoisotopic (exact) mass is 430 g/mol. The van der Waals surface area contributed by atoms with Crippen LogP contribution in [0.4, 0.5) is 0 Å². The number of sulfonamides is 1. The van der Waals surface area contributed by atoms with Crippen molar-refractivity contribution in [1.82, 2.24) is 14.7 Å². The molecule has 0 unspecified atom stereocenters. The Labute approximate surface area is 175 Å². The molecule has 0 bridgehead atoms. The first-order valence-corrected chi connectivity index (χ1v) is 11.2. The highest BCUT2D eigenvalue weighted by molar-refractivity contribution is 7.90. The van der Waals surface area contributed by atoms with Crippen molar-refractivity contribution in [1.29, 1.82) is 0 Å². The van der Waals surface area contributed by atoms with E-state index in [4.69, 9.17) is 4.74 Å². The summed E-state index contributed by atoms with van der Waals surface area (Å²) in [6.07, 6.45) is 4.78. The molecule has 3 heterocycles. The Hall–Kier alpha value is -3.14. The molecule has 0 saturated carbocycles. The fourth-order valence-electron chi connectivity index (χ4n) is 3.56. The number of carbonyl (C=O) groups is 2. The Kier molecular flexibility index (Phi) is 5.33. The lowest BCUT2D eigenvalue weighted by atomic mass is 10.1. The summed E-state index contributed by atoms with van der Waals surface area (Å²) >= 11 is 0. The quantitative estimate of drug-likeness (QED) is 0.692. The largest absolute Gasteiger partial charge is 0.497 e. The number of hydrogen-bond acceptors (Lipinski definition) is 6. The Morgan fingerprint density at radius 2 is 1.70 bits per heavy atom. The molecule has 0 aromatic heterocycles. The third-order valence-corrected chi connectivity index (χ3v) is 6.41. The van der Waals surface area contributed by atoms with Gasteiger partial charge in [0, 0.05) is 44.5 Å². The third-order valence-electron chi connectivity index (χ3n) is 5.24. The Bertz CT molecular complexity index is 1070. The molecule has 1 aromatic rings. The predicted octanol–water partition coefficient (Wildman–Crippen LogP) is 0.477. The molecule has 0 aliphatic carbocycles. The summed E-state index contributed by atoms with van der Waals surface area (Å²) in [5.41, 5.74) is 1.03. The van der Waals surface area contributed by atoms with Crippen molar-refractivity contribution in [2.45, 2.75) is 0 Å². The van der Waals surface area contributed by atoms with Crippen LogP contribution < -0.4 is 4.74 Å². The number of amidine groups is 1. The smallest absolute Gasteiger partial charge is 0.256 e. The molecule has 2 amide bonds. The minimum atomic E-state index is -3.43. The van der Waals surface area contributed by atoms with Gasteiger partial charge in [-0.3, -0.25) is 9.59 Å². The van der Waals surface area contributed by atoms with Gasteiger partial charge in [0.25, 0.3) is 21.8 Å². The van der Waals surface area contributed by atoms with Gasteiger partial charge in [-0.15, -0.1) is 4.40 Å². The van der Waals surface area contributed by atoms with Crippen LogP contribution in [0.25, 0.3) is 0 Å². The molecule has 9 nitrogen and oxygen atoms in total. The van der Waals surface area contributed by atoms with Crippen LogP contribution in [-0.2, 0) is 14.8 Å². The molecule has 4 rings (SSSR count). The topological polar surface area (TPSA) is 99.6 Å². The van der Waals surface area contributed by atoms with Gasteiger partial charge in [-0.1, -0.05) is 6.07 Å². The van der Waals surface area contributed by atoms with Crippen molar-refractivity contribution in [3.63, 3.8) is 0 Å². The van der Waals surface area contributed by atoms with Crippen LogP contribution in [0.5, 0.6) is 5.75 Å². The highest BCUT2D eigenvalue weighted by Crippen LogP contribution is 2.19. The number of fused-ring (bicyclic) bond motifs is 1. The zero-order valence-corrected chi connectivity index (χ0v) is 17.3. The summed E-state index contributed by atoms with van der Waals surface area (Å²) in [4.78, 5) is 30.7. The van der Waals surface area contributed by atoms with Gasteiger partial charge < -0.3 is 19.4 Å². The average molecular weight is 430 g/mol. The van der Waals surface area contributed by atoms with Gasteiger partial charge in [0.15, 0.2) is 0 Å². The zero-order chi connectivity index (χ0) is 21.3. The van der Waals surface area contributed by atoms with E-state index in [0.717, 1.165) is 0 Å². The van der Waals surface area contributed by atoms with E-state index in [9.17, 15) is 18.0 Å². The van der Waals surface area contributed by atoms with Crippen LogP contribution >= 0.6 is 0 Å². The molecule has 1 fully saturated rings. The molecule has 0 radical (unpaired) electrons. The van der Waals surface area contributed by atoms with Crippen LogP contribution in [0.15, 0.2) is 52.6 Å². The lowest BCUT2D eigenvalue weighted by Crippen LogP contribution is -2.51. The van der Waals surface area contributed by atoms with E-state index >= 15 is 0 Å². The second kappa shape index (κ2) is 7.94. The number of piperazine rings is 1. The first-order chi connectivity index (χ1) is 14.4. The minimum absolute atomic E-state index is 0.0760. The molecule has 10 heteroatoms. The van der Waals surface area contributed by atoms with Crippen molar-refractivity contribution in [2.75, 3.05) is 45.6 Å². The maximum atomic E-state index is 12.9. The van der Waals surface area contributed by atoms with Gasteiger partial charge in [0.1, 0.15) is 11.6 Å². The predicted molar refractivity (Wildman–Crippen MR) is 111 cm³/mol. The summed E-state index contributed by atoms with van der Waals surface area (Å²) in [5, 5.41) is 0. The van der Waals surface area contributed by atoms with E-state index in [1.54, 1.807) is 64.4 Å². The number of carbonyl (C=O) groups excluding carboxylic acids is 2. The lowest BCUT2D eigenvalue weighted by molar-refractivity contribution is -0.128. The zero-order valence-electron chi connectivity index (χ0n) is 16.5. The van der Waals surface area contributed by atoms with Crippen LogP contribution in [0.3, 0.4) is 0 Å². The summed E-state index contributed by atoms with van der Waals surface area (Å²) in [6.45, 7) is 2.00. The fraction of sp³-hybridized carbons (Fsp3) is 0.350. The van der Waals surface area contributed by atoms with E-state index < -0.39 is 10.0 Å². The third kappa shape index (κ3) is 4.09. The summed E-state index contributed by atoms with van der Waals surface area (Å²) in [6, 6.07) is 7.01. The minimum Gasteiger partial charge on any atom is -0.497 e. The molecule has 30 heavy (non-hydrogen) atoms. The molecule has 158 valence electrons. The molecule has 3 aliphatic heterocycles. The molecule has 0 atom stereocenters.